The molecule has 0 fully saturated rings. The van der Waals surface area contributed by atoms with E-state index in [1.54, 1.807) is 11.9 Å². The lowest BCUT2D eigenvalue weighted by molar-refractivity contribution is -0.125. The average Bonchev–Trinajstić information content (AvgIpc) is 3.46. The monoisotopic (exact) mass is 596 g/mol. The number of furan rings is 1. The Morgan fingerprint density at radius 1 is 0.953 bits per heavy atom. The Labute approximate surface area is 259 Å². The van der Waals surface area contributed by atoms with Crippen LogP contribution in [0.4, 0.5) is 17.1 Å². The molecule has 0 aliphatic rings. The van der Waals surface area contributed by atoms with Gasteiger partial charge in [-0.05, 0) is 60.3 Å². The normalized spacial score (nSPS) is 12.2. The molecule has 0 spiro atoms. The number of carbonyl (C=O) groups excluding carboxylic acids is 1. The molecule has 2 atom stereocenters. The Balaban J connectivity index is 0.00000135. The van der Waals surface area contributed by atoms with Crippen molar-refractivity contribution < 1.29 is 9.21 Å². The Morgan fingerprint density at radius 3 is 2.26 bits per heavy atom. The number of amides is 1. The van der Waals surface area contributed by atoms with Gasteiger partial charge < -0.3 is 25.7 Å². The van der Waals surface area contributed by atoms with E-state index in [1.807, 2.05) is 84.9 Å². The van der Waals surface area contributed by atoms with Crippen molar-refractivity contribution in [1.29, 1.82) is 0 Å². The Kier molecular flexibility index (Phi) is 10.7. The molecule has 0 saturated heterocycles. The summed E-state index contributed by atoms with van der Waals surface area (Å²) in [5.41, 5.74) is 10.8. The van der Waals surface area contributed by atoms with Crippen LogP contribution in [0, 0.1) is 0 Å². The zero-order valence-corrected chi connectivity index (χ0v) is 26.1. The Hall–Kier alpha value is -4.42. The molecule has 0 bridgehead atoms. The highest BCUT2D eigenvalue weighted by atomic mass is 35.5. The molecule has 5 aromatic rings. The first kappa shape index (κ1) is 31.5. The van der Waals surface area contributed by atoms with Crippen LogP contribution in [0.15, 0.2) is 108 Å². The van der Waals surface area contributed by atoms with E-state index in [-0.39, 0.29) is 23.6 Å². The number of nitrogen functional groups attached to an aromatic ring is 1. The average molecular weight is 597 g/mol. The van der Waals surface area contributed by atoms with Crippen LogP contribution in [0.3, 0.4) is 0 Å². The first-order valence-corrected chi connectivity index (χ1v) is 15.2. The maximum Gasteiger partial charge on any atom is 0.269 e. The fraction of sp³-hybridized carbons (Fsp3) is 0.250. The van der Waals surface area contributed by atoms with Gasteiger partial charge in [0.15, 0.2) is 0 Å². The zero-order valence-electron chi connectivity index (χ0n) is 25.4. The van der Waals surface area contributed by atoms with Gasteiger partial charge in [0.2, 0.25) is 0 Å². The predicted molar refractivity (Wildman–Crippen MR) is 183 cm³/mol. The molecule has 224 valence electrons. The molecule has 2 unspecified atom stereocenters. The molecule has 1 amide bonds. The first-order chi connectivity index (χ1) is 20.7. The molecule has 6 nitrogen and oxygen atoms in total. The van der Waals surface area contributed by atoms with Crippen LogP contribution in [-0.2, 0) is 4.79 Å². The van der Waals surface area contributed by atoms with Gasteiger partial charge in [0.1, 0.15) is 11.3 Å². The van der Waals surface area contributed by atoms with Crippen molar-refractivity contribution in [2.75, 3.05) is 35.8 Å². The van der Waals surface area contributed by atoms with Crippen molar-refractivity contribution in [2.24, 2.45) is 0 Å². The number of anilines is 3. The highest BCUT2D eigenvalue weighted by Gasteiger charge is 2.21. The van der Waals surface area contributed by atoms with Gasteiger partial charge >= 0.3 is 0 Å². The van der Waals surface area contributed by atoms with E-state index in [1.165, 1.54) is 6.42 Å². The fourth-order valence-corrected chi connectivity index (χ4v) is 5.25. The highest BCUT2D eigenvalue weighted by Crippen LogP contribution is 2.31. The molecule has 4 aromatic carbocycles. The zero-order chi connectivity index (χ0) is 30.9. The number of para-hydroxylation sites is 1. The number of halogens is 1. The number of carbonyl (C=O) groups is 1. The molecule has 0 aliphatic carbocycles. The number of nitrogens with zero attached hydrogens (tertiary/aromatic N) is 1. The van der Waals surface area contributed by atoms with E-state index >= 15 is 0 Å². The number of hydrogen-bond donors (Lipinski definition) is 3. The van der Waals surface area contributed by atoms with Gasteiger partial charge in [-0.1, -0.05) is 75.4 Å². The predicted octanol–water partition coefficient (Wildman–Crippen LogP) is 9.16. The quantitative estimate of drug-likeness (QED) is 0.0850. The number of likely N-dealkylation sites (N-methyl/N-ethyl adjacent to an activating group) is 1. The SMILES string of the molecule is C=C(Nc1ccc(NC(C)c2cc3ccccc3o2)cc1)C(=O)N(C)CC(CCl)c1ccc(N)c2ccccc12.CCC. The van der Waals surface area contributed by atoms with Crippen molar-refractivity contribution in [3.05, 3.63) is 115 Å². The summed E-state index contributed by atoms with van der Waals surface area (Å²) in [6.45, 7) is 10.7. The number of nitrogens with two attached hydrogens (primary N) is 1. The standard InChI is InChI=1S/C33H33ClN4O2.C3H8/c1-21(32-18-23-8-4-7-11-31(23)40-32)36-25-12-14-26(15-13-25)37-22(2)33(39)38(3)20-24(19-34)27-16-17-30(35)29-10-6-5-9-28(27)29;1-3-2/h4-18,21,24,36-37H,2,19-20,35H2,1,3H3;3H2,1-2H3. The van der Waals surface area contributed by atoms with Crippen molar-refractivity contribution >= 4 is 56.3 Å². The second kappa shape index (κ2) is 14.7. The van der Waals surface area contributed by atoms with E-state index in [2.05, 4.69) is 44.1 Å². The van der Waals surface area contributed by atoms with E-state index in [0.717, 1.165) is 50.1 Å². The topological polar surface area (TPSA) is 83.5 Å². The number of hydrogen-bond acceptors (Lipinski definition) is 5. The van der Waals surface area contributed by atoms with Gasteiger partial charge in [-0.2, -0.15) is 0 Å². The fourth-order valence-electron chi connectivity index (χ4n) is 4.99. The number of rotatable bonds is 10. The Bertz CT molecular complexity index is 1650. The molecule has 1 aromatic heterocycles. The lowest BCUT2D eigenvalue weighted by Gasteiger charge is -2.25. The van der Waals surface area contributed by atoms with Gasteiger partial charge in [-0.15, -0.1) is 11.6 Å². The molecule has 43 heavy (non-hydrogen) atoms. The van der Waals surface area contributed by atoms with Crippen LogP contribution >= 0.6 is 11.6 Å². The van der Waals surface area contributed by atoms with E-state index in [0.29, 0.717) is 12.4 Å². The summed E-state index contributed by atoms with van der Waals surface area (Å²) in [4.78, 5) is 14.8. The van der Waals surface area contributed by atoms with Crippen molar-refractivity contribution in [1.82, 2.24) is 4.90 Å². The second-order valence-corrected chi connectivity index (χ2v) is 11.1. The molecule has 0 radical (unpaired) electrons. The van der Waals surface area contributed by atoms with E-state index in [4.69, 9.17) is 21.8 Å². The molecule has 4 N–H and O–H groups in total. The number of benzene rings is 4. The van der Waals surface area contributed by atoms with Gasteiger partial charge in [0.25, 0.3) is 5.91 Å². The smallest absolute Gasteiger partial charge is 0.269 e. The van der Waals surface area contributed by atoms with Crippen LogP contribution in [0.1, 0.15) is 50.5 Å². The van der Waals surface area contributed by atoms with Crippen molar-refractivity contribution in [2.45, 2.75) is 39.2 Å². The van der Waals surface area contributed by atoms with Crippen LogP contribution in [0.5, 0.6) is 0 Å². The van der Waals surface area contributed by atoms with Crippen molar-refractivity contribution in [3.63, 3.8) is 0 Å². The molecular formula is C36H41ClN4O2. The summed E-state index contributed by atoms with van der Waals surface area (Å²) in [7, 11) is 1.76. The van der Waals surface area contributed by atoms with Crippen LogP contribution in [-0.4, -0.2) is 30.3 Å². The molecule has 5 rings (SSSR count). The van der Waals surface area contributed by atoms with Gasteiger partial charge in [0.05, 0.1) is 11.7 Å². The molecule has 0 saturated carbocycles. The molecule has 0 aliphatic heterocycles. The summed E-state index contributed by atoms with van der Waals surface area (Å²) in [6.07, 6.45) is 1.25. The lowest BCUT2D eigenvalue weighted by atomic mass is 9.93. The minimum Gasteiger partial charge on any atom is -0.459 e. The third-order valence-electron chi connectivity index (χ3n) is 7.15. The van der Waals surface area contributed by atoms with Crippen LogP contribution < -0.4 is 16.4 Å². The van der Waals surface area contributed by atoms with Crippen molar-refractivity contribution in [3.8, 4) is 0 Å². The lowest BCUT2D eigenvalue weighted by Crippen LogP contribution is -2.34. The molecule has 7 heteroatoms. The Morgan fingerprint density at radius 2 is 1.58 bits per heavy atom. The summed E-state index contributed by atoms with van der Waals surface area (Å²) in [5, 5.41) is 9.72. The maximum atomic E-state index is 13.2. The molecule has 1 heterocycles. The van der Waals surface area contributed by atoms with E-state index < -0.39 is 0 Å². The first-order valence-electron chi connectivity index (χ1n) is 14.6. The minimum atomic E-state index is -0.199. The van der Waals surface area contributed by atoms with E-state index in [9.17, 15) is 4.79 Å². The minimum absolute atomic E-state index is 0.00976. The molecular weight excluding hydrogens is 556 g/mol. The van der Waals surface area contributed by atoms with Crippen LogP contribution in [0.25, 0.3) is 21.7 Å². The van der Waals surface area contributed by atoms with Crippen LogP contribution in [0.2, 0.25) is 0 Å². The second-order valence-electron chi connectivity index (χ2n) is 10.8. The van der Waals surface area contributed by atoms with Gasteiger partial charge in [-0.3, -0.25) is 4.79 Å². The third-order valence-corrected chi connectivity index (χ3v) is 7.52. The van der Waals surface area contributed by atoms with Gasteiger partial charge in [0, 0.05) is 53.2 Å². The number of alkyl halides is 1. The summed E-state index contributed by atoms with van der Waals surface area (Å²) >= 11 is 6.39. The summed E-state index contributed by atoms with van der Waals surface area (Å²) in [5.74, 6) is 0.975. The summed E-state index contributed by atoms with van der Waals surface area (Å²) < 4.78 is 5.97. The number of fused-ring (bicyclic) bond motifs is 2. The summed E-state index contributed by atoms with van der Waals surface area (Å²) in [6, 6.07) is 29.6. The largest absolute Gasteiger partial charge is 0.459 e. The van der Waals surface area contributed by atoms with Gasteiger partial charge in [-0.25, -0.2) is 0 Å². The third kappa shape index (κ3) is 7.70. The highest BCUT2D eigenvalue weighted by molar-refractivity contribution is 6.18. The maximum absolute atomic E-state index is 13.2. The number of nitrogens with one attached hydrogen (secondary N) is 2.